The minimum absolute atomic E-state index is 0.0210. The van der Waals surface area contributed by atoms with Gasteiger partial charge < -0.3 is 5.32 Å². The van der Waals surface area contributed by atoms with Crippen molar-refractivity contribution in [3.05, 3.63) is 33.3 Å². The molecule has 1 aromatic rings. The van der Waals surface area contributed by atoms with Crippen LogP contribution in [0.3, 0.4) is 0 Å². The lowest BCUT2D eigenvalue weighted by Gasteiger charge is -2.33. The molecule has 29 heavy (non-hydrogen) atoms. The number of sulfonamides is 1. The molecule has 10 heteroatoms. The number of rotatable bonds is 9. The Balaban J connectivity index is 2.87. The summed E-state index contributed by atoms with van der Waals surface area (Å²) in [5, 5.41) is 14.1. The van der Waals surface area contributed by atoms with E-state index in [0.29, 0.717) is 0 Å². The molecule has 0 bridgehead atoms. The lowest BCUT2D eigenvalue weighted by atomic mass is 9.82. The minimum Gasteiger partial charge on any atom is -0.351 e. The molecular formula is C19H30ClN3O5S. The van der Waals surface area contributed by atoms with Gasteiger partial charge >= 0.3 is 0 Å². The van der Waals surface area contributed by atoms with E-state index >= 15 is 0 Å². The van der Waals surface area contributed by atoms with Gasteiger partial charge in [0.15, 0.2) is 0 Å². The minimum atomic E-state index is -3.75. The van der Waals surface area contributed by atoms with Gasteiger partial charge in [0.05, 0.1) is 21.9 Å². The van der Waals surface area contributed by atoms with E-state index in [1.165, 1.54) is 12.1 Å². The van der Waals surface area contributed by atoms with Gasteiger partial charge in [-0.05, 0) is 38.2 Å². The second-order valence-corrected chi connectivity index (χ2v) is 11.3. The van der Waals surface area contributed by atoms with E-state index < -0.39 is 20.5 Å². The topological polar surface area (TPSA) is 110 Å². The van der Waals surface area contributed by atoms with Crippen molar-refractivity contribution >= 4 is 38.9 Å². The zero-order valence-electron chi connectivity index (χ0n) is 17.8. The standard InChI is InChI=1S/C19H30ClN3O5S/c1-18(2,3)13-19(4,5)21-17(24)8-7-11-22(29(6,27)28)16-12-14(23(25)26)9-10-15(16)20/h9-10,12H,7-8,11,13H2,1-6H3,(H,21,24). The summed E-state index contributed by atoms with van der Waals surface area (Å²) in [5.41, 5.74) is -0.589. The molecule has 0 aliphatic heterocycles. The molecule has 0 aliphatic rings. The van der Waals surface area contributed by atoms with E-state index in [2.05, 4.69) is 26.1 Å². The first-order chi connectivity index (χ1) is 13.0. The van der Waals surface area contributed by atoms with E-state index in [1.54, 1.807) is 0 Å². The summed E-state index contributed by atoms with van der Waals surface area (Å²) < 4.78 is 25.4. The molecular weight excluding hydrogens is 418 g/mol. The summed E-state index contributed by atoms with van der Waals surface area (Å²) in [6.45, 7) is 10.1. The molecule has 0 atom stereocenters. The van der Waals surface area contributed by atoms with Crippen LogP contribution >= 0.6 is 11.6 Å². The van der Waals surface area contributed by atoms with Crippen LogP contribution in [0.5, 0.6) is 0 Å². The van der Waals surface area contributed by atoms with Gasteiger partial charge in [-0.15, -0.1) is 0 Å². The van der Waals surface area contributed by atoms with Crippen molar-refractivity contribution in [1.82, 2.24) is 5.32 Å². The van der Waals surface area contributed by atoms with Crippen LogP contribution in [0.15, 0.2) is 18.2 Å². The SMILES string of the molecule is CC(C)(C)CC(C)(C)NC(=O)CCCN(c1cc([N+](=O)[O-])ccc1Cl)S(C)(=O)=O. The number of non-ortho nitro benzene ring substituents is 1. The highest BCUT2D eigenvalue weighted by molar-refractivity contribution is 7.92. The monoisotopic (exact) mass is 447 g/mol. The Bertz CT molecular complexity index is 863. The van der Waals surface area contributed by atoms with E-state index in [0.717, 1.165) is 23.0 Å². The Hall–Kier alpha value is -1.87. The van der Waals surface area contributed by atoms with E-state index in [1.807, 2.05) is 13.8 Å². The molecule has 0 radical (unpaired) electrons. The number of anilines is 1. The molecule has 0 saturated heterocycles. The summed E-state index contributed by atoms with van der Waals surface area (Å²) in [6.07, 6.45) is 2.13. The van der Waals surface area contributed by atoms with Crippen molar-refractivity contribution in [3.63, 3.8) is 0 Å². The van der Waals surface area contributed by atoms with Crippen LogP contribution in [0.25, 0.3) is 0 Å². The molecule has 0 spiro atoms. The van der Waals surface area contributed by atoms with Gasteiger partial charge in [-0.25, -0.2) is 8.42 Å². The molecule has 1 aromatic carbocycles. The largest absolute Gasteiger partial charge is 0.351 e. The van der Waals surface area contributed by atoms with Gasteiger partial charge in [0.2, 0.25) is 15.9 Å². The Morgan fingerprint density at radius 3 is 2.31 bits per heavy atom. The number of hydrogen-bond donors (Lipinski definition) is 1. The molecule has 1 rings (SSSR count). The molecule has 1 N–H and O–H groups in total. The van der Waals surface area contributed by atoms with Crippen molar-refractivity contribution in [2.75, 3.05) is 17.1 Å². The number of nitrogens with zero attached hydrogens (tertiary/aromatic N) is 2. The number of carbonyl (C=O) groups is 1. The van der Waals surface area contributed by atoms with Crippen LogP contribution in [-0.2, 0) is 14.8 Å². The lowest BCUT2D eigenvalue weighted by Crippen LogP contribution is -2.46. The molecule has 8 nitrogen and oxygen atoms in total. The molecule has 0 aromatic heterocycles. The molecule has 1 amide bonds. The van der Waals surface area contributed by atoms with Gasteiger partial charge in [-0.1, -0.05) is 32.4 Å². The Kier molecular flexibility index (Phi) is 8.07. The number of hydrogen-bond acceptors (Lipinski definition) is 5. The number of benzene rings is 1. The molecule has 0 fully saturated rings. The van der Waals surface area contributed by atoms with Crippen molar-refractivity contribution in [2.24, 2.45) is 5.41 Å². The summed E-state index contributed by atoms with van der Waals surface area (Å²) in [6, 6.07) is 3.61. The fourth-order valence-electron chi connectivity index (χ4n) is 3.46. The maximum absolute atomic E-state index is 12.3. The summed E-state index contributed by atoms with van der Waals surface area (Å²) >= 11 is 6.08. The third kappa shape index (κ3) is 8.57. The van der Waals surface area contributed by atoms with Crippen molar-refractivity contribution in [1.29, 1.82) is 0 Å². The normalized spacial score (nSPS) is 12.5. The third-order valence-corrected chi connectivity index (χ3v) is 5.52. The second-order valence-electron chi connectivity index (χ2n) is 9.00. The number of amides is 1. The molecule has 0 aliphatic carbocycles. The first-order valence-electron chi connectivity index (χ1n) is 9.24. The summed E-state index contributed by atoms with van der Waals surface area (Å²) in [7, 11) is -3.75. The van der Waals surface area contributed by atoms with Crippen LogP contribution in [0.4, 0.5) is 11.4 Å². The van der Waals surface area contributed by atoms with Crippen LogP contribution < -0.4 is 9.62 Å². The van der Waals surface area contributed by atoms with Crippen LogP contribution in [-0.4, -0.2) is 37.6 Å². The highest BCUT2D eigenvalue weighted by Crippen LogP contribution is 2.32. The second kappa shape index (κ2) is 9.30. The van der Waals surface area contributed by atoms with Gasteiger partial charge in [0.1, 0.15) is 0 Å². The van der Waals surface area contributed by atoms with Gasteiger partial charge in [0.25, 0.3) is 5.69 Å². The lowest BCUT2D eigenvalue weighted by molar-refractivity contribution is -0.384. The van der Waals surface area contributed by atoms with Gasteiger partial charge in [0, 0.05) is 30.6 Å². The average Bonchev–Trinajstić information content (AvgIpc) is 2.48. The van der Waals surface area contributed by atoms with Crippen molar-refractivity contribution in [2.45, 2.75) is 59.4 Å². The average molecular weight is 448 g/mol. The molecule has 164 valence electrons. The van der Waals surface area contributed by atoms with E-state index in [9.17, 15) is 23.3 Å². The number of nitro benzene ring substituents is 1. The van der Waals surface area contributed by atoms with Crippen LogP contribution in [0.1, 0.15) is 53.9 Å². The predicted molar refractivity (Wildman–Crippen MR) is 116 cm³/mol. The molecule has 0 unspecified atom stereocenters. The molecule has 0 saturated carbocycles. The van der Waals surface area contributed by atoms with Gasteiger partial charge in [-0.3, -0.25) is 19.2 Å². The first-order valence-corrected chi connectivity index (χ1v) is 11.5. The maximum Gasteiger partial charge on any atom is 0.271 e. The zero-order chi connectivity index (χ0) is 22.6. The predicted octanol–water partition coefficient (Wildman–Crippen LogP) is 4.13. The fraction of sp³-hybridized carbons (Fsp3) is 0.632. The van der Waals surface area contributed by atoms with Gasteiger partial charge in [-0.2, -0.15) is 0 Å². The molecule has 0 heterocycles. The Morgan fingerprint density at radius 2 is 1.83 bits per heavy atom. The first kappa shape index (κ1) is 25.2. The Morgan fingerprint density at radius 1 is 1.24 bits per heavy atom. The highest BCUT2D eigenvalue weighted by Gasteiger charge is 2.27. The van der Waals surface area contributed by atoms with Crippen molar-refractivity contribution in [3.8, 4) is 0 Å². The fourth-order valence-corrected chi connectivity index (χ4v) is 4.70. The van der Waals surface area contributed by atoms with E-state index in [-0.39, 0.29) is 47.1 Å². The summed E-state index contributed by atoms with van der Waals surface area (Å²) in [4.78, 5) is 22.7. The number of carbonyl (C=O) groups excluding carboxylic acids is 1. The van der Waals surface area contributed by atoms with Crippen LogP contribution in [0.2, 0.25) is 5.02 Å². The number of halogens is 1. The maximum atomic E-state index is 12.3. The summed E-state index contributed by atoms with van der Waals surface area (Å²) in [5.74, 6) is -0.183. The van der Waals surface area contributed by atoms with E-state index in [4.69, 9.17) is 11.6 Å². The highest BCUT2D eigenvalue weighted by atomic mass is 35.5. The smallest absolute Gasteiger partial charge is 0.271 e. The quantitative estimate of drug-likeness (QED) is 0.452. The van der Waals surface area contributed by atoms with Crippen LogP contribution in [0, 0.1) is 15.5 Å². The van der Waals surface area contributed by atoms with Crippen molar-refractivity contribution < 1.29 is 18.1 Å². The Labute approximate surface area is 177 Å². The number of nitrogens with one attached hydrogen (secondary N) is 1. The zero-order valence-corrected chi connectivity index (χ0v) is 19.4. The third-order valence-electron chi connectivity index (χ3n) is 4.02. The number of nitro groups is 1.